The van der Waals surface area contributed by atoms with E-state index in [1.807, 2.05) is 0 Å². The summed E-state index contributed by atoms with van der Waals surface area (Å²) in [5.41, 5.74) is 1.02. The second-order valence-electron chi connectivity index (χ2n) is 5.35. The van der Waals surface area contributed by atoms with Crippen LogP contribution in [0.5, 0.6) is 11.5 Å². The van der Waals surface area contributed by atoms with Crippen molar-refractivity contribution in [2.45, 2.75) is 37.2 Å². The van der Waals surface area contributed by atoms with Crippen LogP contribution in [0, 0.1) is 0 Å². The quantitative estimate of drug-likeness (QED) is 0.847. The molecule has 1 aromatic rings. The maximum absolute atomic E-state index is 11.3. The van der Waals surface area contributed by atoms with Crippen molar-refractivity contribution in [2.75, 3.05) is 13.7 Å². The zero-order valence-electron chi connectivity index (χ0n) is 11.0. The molecule has 19 heavy (non-hydrogen) atoms. The highest BCUT2D eigenvalue weighted by Crippen LogP contribution is 2.54. The van der Waals surface area contributed by atoms with E-state index in [2.05, 4.69) is 0 Å². The number of aliphatic hydroxyl groups is 1. The Kier molecular flexibility index (Phi) is 2.97. The van der Waals surface area contributed by atoms with Crippen LogP contribution in [0.4, 0.5) is 0 Å². The Labute approximate surface area is 112 Å². The van der Waals surface area contributed by atoms with Crippen molar-refractivity contribution < 1.29 is 19.4 Å². The van der Waals surface area contributed by atoms with E-state index in [4.69, 9.17) is 9.47 Å². The summed E-state index contributed by atoms with van der Waals surface area (Å²) < 4.78 is 11.4. The maximum atomic E-state index is 11.3. The number of benzene rings is 1. The second-order valence-corrected chi connectivity index (χ2v) is 5.35. The lowest BCUT2D eigenvalue weighted by atomic mass is 9.68. The third-order valence-corrected chi connectivity index (χ3v) is 4.50. The monoisotopic (exact) mass is 262 g/mol. The molecule has 1 heterocycles. The Morgan fingerprint density at radius 3 is 3.05 bits per heavy atom. The molecule has 1 saturated carbocycles. The summed E-state index contributed by atoms with van der Waals surface area (Å²) in [5, 5.41) is 9.95. The first kappa shape index (κ1) is 12.5. The van der Waals surface area contributed by atoms with Gasteiger partial charge in [0.05, 0.1) is 19.1 Å². The molecule has 0 spiro atoms. The van der Waals surface area contributed by atoms with Crippen molar-refractivity contribution in [2.24, 2.45) is 0 Å². The molecule has 2 atom stereocenters. The molecule has 3 rings (SSSR count). The fourth-order valence-corrected chi connectivity index (χ4v) is 3.54. The average molecular weight is 262 g/mol. The van der Waals surface area contributed by atoms with Gasteiger partial charge in [0, 0.05) is 11.1 Å². The number of methoxy groups -OCH3 is 1. The molecular weight excluding hydrogens is 244 g/mol. The minimum atomic E-state index is -0.432. The van der Waals surface area contributed by atoms with Crippen LogP contribution in [0.15, 0.2) is 12.1 Å². The topological polar surface area (TPSA) is 55.8 Å². The molecule has 4 nitrogen and oxygen atoms in total. The van der Waals surface area contributed by atoms with Crippen molar-refractivity contribution in [1.29, 1.82) is 0 Å². The third kappa shape index (κ3) is 1.59. The highest BCUT2D eigenvalue weighted by atomic mass is 16.5. The molecule has 1 aliphatic carbocycles. The van der Waals surface area contributed by atoms with Crippen LogP contribution < -0.4 is 9.47 Å². The number of aldehydes is 1. The number of carbonyl (C=O) groups is 1. The van der Waals surface area contributed by atoms with Crippen molar-refractivity contribution in [1.82, 2.24) is 0 Å². The van der Waals surface area contributed by atoms with E-state index < -0.39 is 5.41 Å². The summed E-state index contributed by atoms with van der Waals surface area (Å²) in [5.74, 6) is 1.29. The Morgan fingerprint density at radius 1 is 1.53 bits per heavy atom. The number of hydrogen-bond acceptors (Lipinski definition) is 4. The van der Waals surface area contributed by atoms with Crippen LogP contribution in [0.2, 0.25) is 0 Å². The van der Waals surface area contributed by atoms with E-state index in [1.54, 1.807) is 19.2 Å². The SMILES string of the molecule is COc1ccc(C=O)c2c1O[C@H]1CCCC[C@@]21CO. The van der Waals surface area contributed by atoms with E-state index in [1.165, 1.54) is 0 Å². The number of fused-ring (bicyclic) bond motifs is 3. The van der Waals surface area contributed by atoms with Gasteiger partial charge in [-0.15, -0.1) is 0 Å². The number of carbonyl (C=O) groups excluding carboxylic acids is 1. The third-order valence-electron chi connectivity index (χ3n) is 4.50. The number of hydrogen-bond donors (Lipinski definition) is 1. The van der Waals surface area contributed by atoms with Gasteiger partial charge in [0.25, 0.3) is 0 Å². The first-order valence-corrected chi connectivity index (χ1v) is 6.71. The Morgan fingerprint density at radius 2 is 2.37 bits per heavy atom. The molecule has 0 unspecified atom stereocenters. The van der Waals surface area contributed by atoms with E-state index in [0.717, 1.165) is 37.5 Å². The van der Waals surface area contributed by atoms with Gasteiger partial charge in [0.15, 0.2) is 11.5 Å². The van der Waals surface area contributed by atoms with E-state index in [-0.39, 0.29) is 12.7 Å². The lowest BCUT2D eigenvalue weighted by molar-refractivity contribution is 0.0525. The lowest BCUT2D eigenvalue weighted by Crippen LogP contribution is -2.44. The van der Waals surface area contributed by atoms with Gasteiger partial charge in [-0.1, -0.05) is 6.42 Å². The van der Waals surface area contributed by atoms with Crippen molar-refractivity contribution in [3.05, 3.63) is 23.3 Å². The van der Waals surface area contributed by atoms with E-state index in [0.29, 0.717) is 17.1 Å². The molecule has 1 aliphatic heterocycles. The molecule has 0 bridgehead atoms. The molecular formula is C15H18O4. The van der Waals surface area contributed by atoms with Crippen molar-refractivity contribution in [3.8, 4) is 11.5 Å². The predicted molar refractivity (Wildman–Crippen MR) is 70.0 cm³/mol. The van der Waals surface area contributed by atoms with Gasteiger partial charge in [0.2, 0.25) is 0 Å². The second kappa shape index (κ2) is 4.53. The van der Waals surface area contributed by atoms with E-state index >= 15 is 0 Å². The normalized spacial score (nSPS) is 28.2. The average Bonchev–Trinajstić information content (AvgIpc) is 2.82. The molecule has 0 amide bonds. The van der Waals surface area contributed by atoms with Gasteiger partial charge >= 0.3 is 0 Å². The lowest BCUT2D eigenvalue weighted by Gasteiger charge is -2.36. The predicted octanol–water partition coefficient (Wildman–Crippen LogP) is 2.07. The highest BCUT2D eigenvalue weighted by Gasteiger charge is 2.52. The fourth-order valence-electron chi connectivity index (χ4n) is 3.54. The molecule has 0 radical (unpaired) electrons. The summed E-state index contributed by atoms with van der Waals surface area (Å²) in [6, 6.07) is 3.51. The fraction of sp³-hybridized carbons (Fsp3) is 0.533. The van der Waals surface area contributed by atoms with Gasteiger partial charge in [0.1, 0.15) is 12.4 Å². The molecule has 102 valence electrons. The van der Waals surface area contributed by atoms with Crippen LogP contribution in [-0.2, 0) is 5.41 Å². The van der Waals surface area contributed by atoms with Crippen LogP contribution in [0.3, 0.4) is 0 Å². The van der Waals surface area contributed by atoms with Crippen LogP contribution in [0.1, 0.15) is 41.6 Å². The van der Waals surface area contributed by atoms with E-state index in [9.17, 15) is 9.90 Å². The zero-order valence-corrected chi connectivity index (χ0v) is 11.0. The zero-order chi connectivity index (χ0) is 13.5. The molecule has 1 fully saturated rings. The summed E-state index contributed by atoms with van der Waals surface area (Å²) in [6.45, 7) is 0.0126. The highest BCUT2D eigenvalue weighted by molar-refractivity contribution is 5.82. The summed E-state index contributed by atoms with van der Waals surface area (Å²) in [7, 11) is 1.59. The van der Waals surface area contributed by atoms with Gasteiger partial charge in [-0.25, -0.2) is 0 Å². The maximum Gasteiger partial charge on any atom is 0.166 e. The Hall–Kier alpha value is -1.55. The van der Waals surface area contributed by atoms with Crippen LogP contribution >= 0.6 is 0 Å². The van der Waals surface area contributed by atoms with Gasteiger partial charge in [-0.3, -0.25) is 4.79 Å². The standard InChI is InChI=1S/C15H18O4/c1-18-11-6-5-10(8-16)13-14(11)19-12-4-2-3-7-15(12,13)9-17/h5-6,8,12,17H,2-4,7,9H2,1H3/t12-,15-/m0/s1. The number of aliphatic hydroxyl groups excluding tert-OH is 1. The smallest absolute Gasteiger partial charge is 0.166 e. The molecule has 1 N–H and O–H groups in total. The molecule has 0 aromatic heterocycles. The van der Waals surface area contributed by atoms with Gasteiger partial charge in [-0.05, 0) is 31.4 Å². The minimum absolute atomic E-state index is 0.0126. The van der Waals surface area contributed by atoms with Crippen LogP contribution in [0.25, 0.3) is 0 Å². The molecule has 4 heteroatoms. The minimum Gasteiger partial charge on any atom is -0.493 e. The molecule has 2 aliphatic rings. The summed E-state index contributed by atoms with van der Waals surface area (Å²) >= 11 is 0. The van der Waals surface area contributed by atoms with Crippen LogP contribution in [-0.4, -0.2) is 31.2 Å². The number of ether oxygens (including phenoxy) is 2. The number of rotatable bonds is 3. The van der Waals surface area contributed by atoms with Gasteiger partial charge in [-0.2, -0.15) is 0 Å². The Bertz CT molecular complexity index is 511. The van der Waals surface area contributed by atoms with Crippen molar-refractivity contribution >= 4 is 6.29 Å². The first-order valence-electron chi connectivity index (χ1n) is 6.71. The first-order chi connectivity index (χ1) is 9.26. The molecule has 1 aromatic carbocycles. The van der Waals surface area contributed by atoms with Crippen molar-refractivity contribution in [3.63, 3.8) is 0 Å². The Balaban J connectivity index is 2.23. The largest absolute Gasteiger partial charge is 0.493 e. The summed E-state index contributed by atoms with van der Waals surface area (Å²) in [6.07, 6.45) is 4.72. The molecule has 0 saturated heterocycles. The summed E-state index contributed by atoms with van der Waals surface area (Å²) in [4.78, 5) is 11.3. The van der Waals surface area contributed by atoms with Gasteiger partial charge < -0.3 is 14.6 Å².